The zero-order chi connectivity index (χ0) is 21.7. The first-order valence-electron chi connectivity index (χ1n) is 9.68. The minimum absolute atomic E-state index is 0.209. The maximum Gasteiger partial charge on any atom is 0.414 e. The Bertz CT molecular complexity index is 935. The molecule has 0 spiro atoms. The summed E-state index contributed by atoms with van der Waals surface area (Å²) in [7, 11) is 0. The highest BCUT2D eigenvalue weighted by Crippen LogP contribution is 2.29. The van der Waals surface area contributed by atoms with Gasteiger partial charge in [0, 0.05) is 30.8 Å². The van der Waals surface area contributed by atoms with Crippen molar-refractivity contribution in [2.45, 2.75) is 26.4 Å². The first kappa shape index (κ1) is 21.2. The highest BCUT2D eigenvalue weighted by molar-refractivity contribution is 5.90. The zero-order valence-electron chi connectivity index (χ0n) is 16.9. The monoisotopic (exact) mass is 413 g/mol. The van der Waals surface area contributed by atoms with Gasteiger partial charge in [0.1, 0.15) is 17.7 Å². The second-order valence-electron chi connectivity index (χ2n) is 6.95. The normalized spacial score (nSPS) is 15.6. The topological polar surface area (TPSA) is 98.6 Å². The molecule has 8 nitrogen and oxygen atoms in total. The van der Waals surface area contributed by atoms with Crippen molar-refractivity contribution in [3.8, 4) is 11.1 Å². The van der Waals surface area contributed by atoms with Crippen LogP contribution in [0.5, 0.6) is 0 Å². The fourth-order valence-corrected chi connectivity index (χ4v) is 3.20. The van der Waals surface area contributed by atoms with E-state index in [9.17, 15) is 14.0 Å². The number of anilines is 2. The largest absolute Gasteiger partial charge is 0.442 e. The first-order valence-corrected chi connectivity index (χ1v) is 9.68. The van der Waals surface area contributed by atoms with Gasteiger partial charge in [0.2, 0.25) is 5.91 Å². The van der Waals surface area contributed by atoms with Crippen LogP contribution in [-0.4, -0.2) is 49.1 Å². The quantitative estimate of drug-likeness (QED) is 0.512. The van der Waals surface area contributed by atoms with Gasteiger partial charge >= 0.3 is 6.09 Å². The van der Waals surface area contributed by atoms with Crippen LogP contribution in [0.25, 0.3) is 11.1 Å². The van der Waals surface area contributed by atoms with Crippen molar-refractivity contribution in [1.82, 2.24) is 10.3 Å². The van der Waals surface area contributed by atoms with Gasteiger partial charge < -0.3 is 15.0 Å². The summed E-state index contributed by atoms with van der Waals surface area (Å²) >= 11 is 0. The van der Waals surface area contributed by atoms with Crippen molar-refractivity contribution in [3.63, 3.8) is 0 Å². The molecular formula is C21H24FN5O3. The van der Waals surface area contributed by atoms with Crippen LogP contribution >= 0.6 is 0 Å². The molecule has 9 heteroatoms. The number of cyclic esters (lactones) is 1. The summed E-state index contributed by atoms with van der Waals surface area (Å²) < 4.78 is 20.0. The average molecular weight is 413 g/mol. The predicted octanol–water partition coefficient (Wildman–Crippen LogP) is 3.17. The Labute approximate surface area is 174 Å². The van der Waals surface area contributed by atoms with E-state index in [-0.39, 0.29) is 19.0 Å². The van der Waals surface area contributed by atoms with E-state index in [0.29, 0.717) is 29.2 Å². The number of halogens is 1. The van der Waals surface area contributed by atoms with Crippen LogP contribution in [0.2, 0.25) is 0 Å². The lowest BCUT2D eigenvalue weighted by Crippen LogP contribution is -2.33. The molecule has 0 radical (unpaired) electrons. The van der Waals surface area contributed by atoms with Crippen LogP contribution < -0.4 is 15.1 Å². The Hall–Kier alpha value is -3.49. The van der Waals surface area contributed by atoms with Crippen molar-refractivity contribution in [1.29, 1.82) is 5.41 Å². The maximum absolute atomic E-state index is 14.8. The van der Waals surface area contributed by atoms with Crippen molar-refractivity contribution >= 4 is 29.8 Å². The summed E-state index contributed by atoms with van der Waals surface area (Å²) in [6, 6.07) is 8.02. The first-order chi connectivity index (χ1) is 14.4. The molecule has 1 atom stereocenters. The second kappa shape index (κ2) is 9.34. The Morgan fingerprint density at radius 1 is 1.43 bits per heavy atom. The predicted molar refractivity (Wildman–Crippen MR) is 112 cm³/mol. The molecule has 2 N–H and O–H groups in total. The van der Waals surface area contributed by atoms with E-state index >= 15 is 0 Å². The molecule has 2 aromatic rings. The van der Waals surface area contributed by atoms with Crippen LogP contribution in [0.15, 0.2) is 36.5 Å². The summed E-state index contributed by atoms with van der Waals surface area (Å²) in [6.07, 6.45) is 2.59. The number of nitrogens with zero attached hydrogens (tertiary/aromatic N) is 3. The summed E-state index contributed by atoms with van der Waals surface area (Å²) in [5, 5.41) is 10.1. The zero-order valence-corrected chi connectivity index (χ0v) is 16.9. The molecule has 1 unspecified atom stereocenters. The smallest absolute Gasteiger partial charge is 0.414 e. The van der Waals surface area contributed by atoms with E-state index in [1.54, 1.807) is 35.4 Å². The average Bonchev–Trinajstić information content (AvgIpc) is 3.11. The molecule has 0 aliphatic carbocycles. The molecule has 0 bridgehead atoms. The minimum atomic E-state index is -0.578. The molecule has 2 amide bonds. The highest BCUT2D eigenvalue weighted by Gasteiger charge is 2.32. The number of hydrogen-bond acceptors (Lipinski definition) is 5. The van der Waals surface area contributed by atoms with Gasteiger partial charge in [-0.2, -0.15) is 0 Å². The van der Waals surface area contributed by atoms with Crippen molar-refractivity contribution < 1.29 is 18.7 Å². The lowest BCUT2D eigenvalue weighted by Gasteiger charge is -2.17. The Morgan fingerprint density at radius 2 is 2.23 bits per heavy atom. The number of pyridine rings is 1. The maximum atomic E-state index is 14.8. The third-order valence-corrected chi connectivity index (χ3v) is 4.69. The standard InChI is InChI=1S/C21H24FN5O3/c1-3-8-26(13-23)20-7-4-15(10-25-20)18-6-5-16(9-19(18)22)27-12-17(30-21(27)29)11-24-14(2)28/h4-7,9-10,13,17,23H,3,8,11-12H2,1-2H3,(H,24,28). The molecule has 158 valence electrons. The van der Waals surface area contributed by atoms with Gasteiger partial charge in [0.25, 0.3) is 0 Å². The highest BCUT2D eigenvalue weighted by atomic mass is 19.1. The van der Waals surface area contributed by atoms with Gasteiger partial charge in [0.15, 0.2) is 0 Å². The second-order valence-corrected chi connectivity index (χ2v) is 6.95. The van der Waals surface area contributed by atoms with E-state index < -0.39 is 18.0 Å². The number of carbonyl (C=O) groups is 2. The van der Waals surface area contributed by atoms with Crippen LogP contribution in [0.1, 0.15) is 20.3 Å². The number of hydrogen-bond donors (Lipinski definition) is 2. The number of carbonyl (C=O) groups excluding carboxylic acids is 2. The molecule has 1 aromatic heterocycles. The van der Waals surface area contributed by atoms with E-state index in [4.69, 9.17) is 10.1 Å². The molecule has 3 rings (SSSR count). The Kier molecular flexibility index (Phi) is 6.61. The molecule has 30 heavy (non-hydrogen) atoms. The van der Waals surface area contributed by atoms with Crippen LogP contribution in [0, 0.1) is 11.2 Å². The van der Waals surface area contributed by atoms with Gasteiger partial charge in [0.05, 0.1) is 25.1 Å². The van der Waals surface area contributed by atoms with Gasteiger partial charge in [-0.3, -0.25) is 15.1 Å². The third-order valence-electron chi connectivity index (χ3n) is 4.69. The number of amides is 2. The lowest BCUT2D eigenvalue weighted by atomic mass is 10.1. The van der Waals surface area contributed by atoms with E-state index in [0.717, 1.165) is 6.42 Å². The number of aromatic nitrogens is 1. The molecule has 0 saturated carbocycles. The summed E-state index contributed by atoms with van der Waals surface area (Å²) in [6.45, 7) is 4.51. The summed E-state index contributed by atoms with van der Waals surface area (Å²) in [5.74, 6) is -0.0757. The molecular weight excluding hydrogens is 389 g/mol. The SMILES string of the molecule is CCCN(C=N)c1ccc(-c2ccc(N3CC(CNC(C)=O)OC3=O)cc2F)cn1. The third kappa shape index (κ3) is 4.73. The Balaban J connectivity index is 1.75. The minimum Gasteiger partial charge on any atom is -0.442 e. The van der Waals surface area contributed by atoms with Gasteiger partial charge in [-0.25, -0.2) is 14.2 Å². The van der Waals surface area contributed by atoms with Gasteiger partial charge in [-0.1, -0.05) is 6.92 Å². The number of rotatable bonds is 8. The fourth-order valence-electron chi connectivity index (χ4n) is 3.20. The molecule has 1 aliphatic rings. The molecule has 1 aromatic carbocycles. The van der Waals surface area contributed by atoms with E-state index in [2.05, 4.69) is 10.3 Å². The van der Waals surface area contributed by atoms with Gasteiger partial charge in [-0.15, -0.1) is 0 Å². The van der Waals surface area contributed by atoms with Crippen molar-refractivity contribution in [3.05, 3.63) is 42.3 Å². The molecule has 1 aliphatic heterocycles. The summed E-state index contributed by atoms with van der Waals surface area (Å²) in [5.41, 5.74) is 1.34. The molecule has 1 saturated heterocycles. The van der Waals surface area contributed by atoms with Crippen molar-refractivity contribution in [2.75, 3.05) is 29.4 Å². The van der Waals surface area contributed by atoms with Crippen LogP contribution in [0.3, 0.4) is 0 Å². The van der Waals surface area contributed by atoms with E-state index in [1.165, 1.54) is 24.2 Å². The van der Waals surface area contributed by atoms with Crippen LogP contribution in [0.4, 0.5) is 20.7 Å². The number of ether oxygens (including phenoxy) is 1. The van der Waals surface area contributed by atoms with Gasteiger partial charge in [-0.05, 0) is 36.8 Å². The Morgan fingerprint density at radius 3 is 2.83 bits per heavy atom. The molecule has 2 heterocycles. The van der Waals surface area contributed by atoms with Crippen LogP contribution in [-0.2, 0) is 9.53 Å². The summed E-state index contributed by atoms with van der Waals surface area (Å²) in [4.78, 5) is 30.5. The lowest BCUT2D eigenvalue weighted by molar-refractivity contribution is -0.119. The number of benzene rings is 1. The van der Waals surface area contributed by atoms with E-state index in [1.807, 2.05) is 6.92 Å². The number of nitrogens with one attached hydrogen (secondary N) is 2. The van der Waals surface area contributed by atoms with Crippen molar-refractivity contribution in [2.24, 2.45) is 0 Å². The fraction of sp³-hybridized carbons (Fsp3) is 0.333. The molecule has 1 fully saturated rings.